The number of ether oxygens (including phenoxy) is 1. The molecule has 2 atom stereocenters. The molecule has 1 rings (SSSR count). The van der Waals surface area contributed by atoms with E-state index in [4.69, 9.17) is 4.74 Å². The lowest BCUT2D eigenvalue weighted by Gasteiger charge is -2.37. The van der Waals surface area contributed by atoms with Gasteiger partial charge in [0.15, 0.2) is 0 Å². The predicted octanol–water partition coefficient (Wildman–Crippen LogP) is 2.80. The van der Waals surface area contributed by atoms with Crippen LogP contribution in [0.15, 0.2) is 0 Å². The minimum atomic E-state index is -0.478. The lowest BCUT2D eigenvalue weighted by molar-refractivity contribution is -0.499. The molecule has 0 radical (unpaired) electrons. The van der Waals surface area contributed by atoms with E-state index in [2.05, 4.69) is 6.92 Å². The van der Waals surface area contributed by atoms with Crippen molar-refractivity contribution in [1.82, 2.24) is 0 Å². The molecule has 0 N–H and O–H groups in total. The number of hydrogen-bond acceptors (Lipinski definition) is 4. The first kappa shape index (κ1) is 14.9. The van der Waals surface area contributed by atoms with Crippen LogP contribution in [0.25, 0.3) is 0 Å². The zero-order valence-electron chi connectivity index (χ0n) is 11.3. The summed E-state index contributed by atoms with van der Waals surface area (Å²) in [4.78, 5) is 22.2. The van der Waals surface area contributed by atoms with E-state index in [1.807, 2.05) is 0 Å². The SMILES string of the molecule is CCOC(=O)C[C@]1(C[N+](=O)[O-])CCC[C@@H](CC)C1. The van der Waals surface area contributed by atoms with Gasteiger partial charge < -0.3 is 4.74 Å². The Hall–Kier alpha value is -1.13. The van der Waals surface area contributed by atoms with Crippen molar-refractivity contribution in [2.75, 3.05) is 13.2 Å². The Kier molecular flexibility index (Phi) is 5.56. The Balaban J connectivity index is 2.74. The number of carbonyl (C=O) groups excluding carboxylic acids is 1. The van der Waals surface area contributed by atoms with E-state index >= 15 is 0 Å². The largest absolute Gasteiger partial charge is 0.466 e. The molecule has 0 heterocycles. The molecule has 1 saturated carbocycles. The van der Waals surface area contributed by atoms with Gasteiger partial charge in [-0.1, -0.05) is 26.2 Å². The molecular weight excluding hydrogens is 234 g/mol. The minimum absolute atomic E-state index is 0.109. The summed E-state index contributed by atoms with van der Waals surface area (Å²) in [5.41, 5.74) is -0.478. The van der Waals surface area contributed by atoms with Gasteiger partial charge in [-0.2, -0.15) is 0 Å². The molecule has 1 fully saturated rings. The van der Waals surface area contributed by atoms with Gasteiger partial charge in [0.25, 0.3) is 0 Å². The summed E-state index contributed by atoms with van der Waals surface area (Å²) >= 11 is 0. The molecule has 0 aliphatic heterocycles. The first-order valence-corrected chi connectivity index (χ1v) is 6.79. The second-order valence-corrected chi connectivity index (χ2v) is 5.34. The number of nitro groups is 1. The van der Waals surface area contributed by atoms with E-state index in [-0.39, 0.29) is 23.9 Å². The minimum Gasteiger partial charge on any atom is -0.466 e. The molecule has 18 heavy (non-hydrogen) atoms. The number of nitrogens with zero attached hydrogens (tertiary/aromatic N) is 1. The lowest BCUT2D eigenvalue weighted by Crippen LogP contribution is -2.37. The standard InChI is InChI=1S/C13H23NO4/c1-3-11-6-5-7-13(8-11,10-14(16)17)9-12(15)18-4-2/h11H,3-10H2,1-2H3/t11-,13+/m1/s1. The third-order valence-corrected chi connectivity index (χ3v) is 3.91. The first-order chi connectivity index (χ1) is 8.51. The van der Waals surface area contributed by atoms with Crippen molar-refractivity contribution in [1.29, 1.82) is 0 Å². The summed E-state index contributed by atoms with van der Waals surface area (Å²) in [5, 5.41) is 10.9. The quantitative estimate of drug-likeness (QED) is 0.417. The van der Waals surface area contributed by atoms with Crippen molar-refractivity contribution in [3.8, 4) is 0 Å². The van der Waals surface area contributed by atoms with Crippen molar-refractivity contribution < 1.29 is 14.5 Å². The fraction of sp³-hybridized carbons (Fsp3) is 0.923. The summed E-state index contributed by atoms with van der Waals surface area (Å²) in [6, 6.07) is 0. The normalized spacial score (nSPS) is 27.8. The van der Waals surface area contributed by atoms with Gasteiger partial charge in [0, 0.05) is 10.3 Å². The summed E-state index contributed by atoms with van der Waals surface area (Å²) in [7, 11) is 0. The van der Waals surface area contributed by atoms with Crippen LogP contribution in [0.5, 0.6) is 0 Å². The molecule has 0 saturated heterocycles. The van der Waals surface area contributed by atoms with Gasteiger partial charge in [0.2, 0.25) is 6.54 Å². The van der Waals surface area contributed by atoms with E-state index in [9.17, 15) is 14.9 Å². The van der Waals surface area contributed by atoms with Crippen molar-refractivity contribution in [3.63, 3.8) is 0 Å². The summed E-state index contributed by atoms with van der Waals surface area (Å²) < 4.78 is 4.96. The number of rotatable bonds is 6. The Labute approximate surface area is 108 Å². The molecule has 1 aliphatic rings. The van der Waals surface area contributed by atoms with Crippen molar-refractivity contribution in [2.45, 2.75) is 52.4 Å². The number of esters is 1. The van der Waals surface area contributed by atoms with Crippen LogP contribution in [-0.4, -0.2) is 24.0 Å². The molecule has 0 aromatic heterocycles. The Morgan fingerprint density at radius 2 is 2.22 bits per heavy atom. The van der Waals surface area contributed by atoms with Crippen LogP contribution < -0.4 is 0 Å². The Morgan fingerprint density at radius 1 is 1.50 bits per heavy atom. The van der Waals surface area contributed by atoms with Gasteiger partial charge in [-0.25, -0.2) is 0 Å². The van der Waals surface area contributed by atoms with Crippen LogP contribution in [0.1, 0.15) is 52.4 Å². The van der Waals surface area contributed by atoms with E-state index in [0.29, 0.717) is 12.5 Å². The zero-order valence-corrected chi connectivity index (χ0v) is 11.3. The third kappa shape index (κ3) is 4.27. The molecule has 0 aromatic carbocycles. The highest BCUT2D eigenvalue weighted by Gasteiger charge is 2.42. The summed E-state index contributed by atoms with van der Waals surface area (Å²) in [6.07, 6.45) is 4.87. The Morgan fingerprint density at radius 3 is 2.78 bits per heavy atom. The summed E-state index contributed by atoms with van der Waals surface area (Å²) in [6.45, 7) is 4.10. The smallest absolute Gasteiger partial charge is 0.306 e. The molecule has 1 aliphatic carbocycles. The van der Waals surface area contributed by atoms with Crippen LogP contribution in [0.3, 0.4) is 0 Å². The van der Waals surface area contributed by atoms with Gasteiger partial charge in [0.05, 0.1) is 13.0 Å². The number of carbonyl (C=O) groups is 1. The topological polar surface area (TPSA) is 69.4 Å². The highest BCUT2D eigenvalue weighted by molar-refractivity contribution is 5.70. The van der Waals surface area contributed by atoms with Gasteiger partial charge in [-0.15, -0.1) is 0 Å². The maximum atomic E-state index is 11.6. The van der Waals surface area contributed by atoms with E-state index in [1.54, 1.807) is 6.92 Å². The molecule has 5 heteroatoms. The van der Waals surface area contributed by atoms with Gasteiger partial charge in [0.1, 0.15) is 0 Å². The fourth-order valence-electron chi connectivity index (χ4n) is 3.08. The van der Waals surface area contributed by atoms with Gasteiger partial charge in [-0.05, 0) is 25.7 Å². The van der Waals surface area contributed by atoms with Crippen LogP contribution in [0.4, 0.5) is 0 Å². The molecule has 5 nitrogen and oxygen atoms in total. The fourth-order valence-corrected chi connectivity index (χ4v) is 3.08. The zero-order chi connectivity index (χ0) is 13.6. The highest BCUT2D eigenvalue weighted by Crippen LogP contribution is 2.43. The Bertz CT molecular complexity index is 305. The van der Waals surface area contributed by atoms with Crippen molar-refractivity contribution >= 4 is 5.97 Å². The van der Waals surface area contributed by atoms with Gasteiger partial charge >= 0.3 is 5.97 Å². The second kappa shape index (κ2) is 6.71. The van der Waals surface area contributed by atoms with Crippen LogP contribution >= 0.6 is 0 Å². The van der Waals surface area contributed by atoms with Crippen LogP contribution in [0, 0.1) is 21.4 Å². The molecule has 104 valence electrons. The maximum absolute atomic E-state index is 11.6. The van der Waals surface area contributed by atoms with E-state index in [0.717, 1.165) is 32.1 Å². The molecule has 0 spiro atoms. The van der Waals surface area contributed by atoms with Crippen LogP contribution in [0.2, 0.25) is 0 Å². The second-order valence-electron chi connectivity index (χ2n) is 5.34. The predicted molar refractivity (Wildman–Crippen MR) is 67.8 cm³/mol. The first-order valence-electron chi connectivity index (χ1n) is 6.79. The molecule has 0 aromatic rings. The van der Waals surface area contributed by atoms with E-state index in [1.165, 1.54) is 0 Å². The van der Waals surface area contributed by atoms with E-state index < -0.39 is 5.41 Å². The van der Waals surface area contributed by atoms with Crippen LogP contribution in [-0.2, 0) is 9.53 Å². The lowest BCUT2D eigenvalue weighted by atomic mass is 9.67. The third-order valence-electron chi connectivity index (χ3n) is 3.91. The molecule has 0 amide bonds. The molecular formula is C13H23NO4. The van der Waals surface area contributed by atoms with Crippen molar-refractivity contribution in [3.05, 3.63) is 10.1 Å². The maximum Gasteiger partial charge on any atom is 0.306 e. The average Bonchev–Trinajstić information content (AvgIpc) is 2.28. The highest BCUT2D eigenvalue weighted by atomic mass is 16.6. The van der Waals surface area contributed by atoms with Gasteiger partial charge in [-0.3, -0.25) is 14.9 Å². The monoisotopic (exact) mass is 257 g/mol. The van der Waals surface area contributed by atoms with Crippen molar-refractivity contribution in [2.24, 2.45) is 11.3 Å². The summed E-state index contributed by atoms with van der Waals surface area (Å²) in [5.74, 6) is 0.212. The number of hydrogen-bond donors (Lipinski definition) is 0. The molecule has 0 unspecified atom stereocenters. The average molecular weight is 257 g/mol. The molecule has 0 bridgehead atoms.